The summed E-state index contributed by atoms with van der Waals surface area (Å²) >= 11 is 0. The van der Waals surface area contributed by atoms with Gasteiger partial charge in [0.05, 0.1) is 6.04 Å². The molecule has 2 rings (SSSR count). The van der Waals surface area contributed by atoms with E-state index in [0.29, 0.717) is 6.04 Å². The molecule has 122 valence electrons. The Morgan fingerprint density at radius 2 is 1.50 bits per heavy atom. The highest BCUT2D eigenvalue weighted by atomic mass is 15.5. The van der Waals surface area contributed by atoms with Crippen molar-refractivity contribution in [3.8, 4) is 0 Å². The molecule has 0 fully saturated rings. The van der Waals surface area contributed by atoms with Crippen LogP contribution in [-0.4, -0.2) is 15.0 Å². The Balaban J connectivity index is 1.72. The van der Waals surface area contributed by atoms with Crippen molar-refractivity contribution in [3.05, 3.63) is 24.3 Å². The SMILES string of the molecule is CCCCCCCCC(C)CC(C)n1nc2ccccc2n1. The molecule has 2 aromatic rings. The number of rotatable bonds is 10. The number of hydrogen-bond donors (Lipinski definition) is 0. The zero-order valence-electron chi connectivity index (χ0n) is 14.5. The van der Waals surface area contributed by atoms with E-state index < -0.39 is 0 Å². The molecule has 0 aliphatic heterocycles. The fraction of sp³-hybridized carbons (Fsp3) is 0.684. The van der Waals surface area contributed by atoms with Crippen molar-refractivity contribution in [2.45, 2.75) is 78.2 Å². The third-order valence-corrected chi connectivity index (χ3v) is 4.49. The molecule has 2 atom stereocenters. The second kappa shape index (κ2) is 8.92. The second-order valence-corrected chi connectivity index (χ2v) is 6.76. The molecule has 1 heterocycles. The molecule has 3 heteroatoms. The molecule has 0 bridgehead atoms. The van der Waals surface area contributed by atoms with Gasteiger partial charge in [-0.1, -0.05) is 70.9 Å². The fourth-order valence-electron chi connectivity index (χ4n) is 3.14. The molecule has 0 saturated heterocycles. The van der Waals surface area contributed by atoms with E-state index in [9.17, 15) is 0 Å². The van der Waals surface area contributed by atoms with Gasteiger partial charge in [-0.25, -0.2) is 0 Å². The summed E-state index contributed by atoms with van der Waals surface area (Å²) < 4.78 is 0. The first-order valence-electron chi connectivity index (χ1n) is 9.02. The predicted molar refractivity (Wildman–Crippen MR) is 94.0 cm³/mol. The number of aromatic nitrogens is 3. The third-order valence-electron chi connectivity index (χ3n) is 4.49. The average molecular weight is 301 g/mol. The monoisotopic (exact) mass is 301 g/mol. The average Bonchev–Trinajstić information content (AvgIpc) is 2.95. The zero-order valence-corrected chi connectivity index (χ0v) is 14.5. The van der Waals surface area contributed by atoms with Crippen molar-refractivity contribution >= 4 is 11.0 Å². The Hall–Kier alpha value is -1.38. The Morgan fingerprint density at radius 3 is 2.14 bits per heavy atom. The summed E-state index contributed by atoms with van der Waals surface area (Å²) in [6.07, 6.45) is 10.8. The Bertz CT molecular complexity index is 513. The molecule has 0 spiro atoms. The number of fused-ring (bicyclic) bond motifs is 1. The lowest BCUT2D eigenvalue weighted by molar-refractivity contribution is 0.335. The Morgan fingerprint density at radius 1 is 0.909 bits per heavy atom. The maximum atomic E-state index is 4.60. The van der Waals surface area contributed by atoms with E-state index in [1.807, 2.05) is 29.1 Å². The molecule has 1 aromatic carbocycles. The highest BCUT2D eigenvalue weighted by Crippen LogP contribution is 2.22. The molecule has 0 amide bonds. The molecule has 0 saturated carbocycles. The molecule has 3 nitrogen and oxygen atoms in total. The van der Waals surface area contributed by atoms with Gasteiger partial charge in [-0.2, -0.15) is 15.0 Å². The van der Waals surface area contributed by atoms with Crippen LogP contribution in [0.1, 0.15) is 78.2 Å². The van der Waals surface area contributed by atoms with Gasteiger partial charge in [0.2, 0.25) is 0 Å². The van der Waals surface area contributed by atoms with E-state index in [1.165, 1.54) is 44.9 Å². The van der Waals surface area contributed by atoms with Gasteiger partial charge >= 0.3 is 0 Å². The van der Waals surface area contributed by atoms with Crippen LogP contribution in [-0.2, 0) is 0 Å². The fourth-order valence-corrected chi connectivity index (χ4v) is 3.14. The van der Waals surface area contributed by atoms with Crippen LogP contribution in [0.5, 0.6) is 0 Å². The van der Waals surface area contributed by atoms with Crippen molar-refractivity contribution in [2.24, 2.45) is 5.92 Å². The largest absolute Gasteiger partial charge is 0.181 e. The first-order chi connectivity index (χ1) is 10.7. The van der Waals surface area contributed by atoms with Crippen molar-refractivity contribution in [1.82, 2.24) is 15.0 Å². The van der Waals surface area contributed by atoms with Gasteiger partial charge in [-0.3, -0.25) is 0 Å². The lowest BCUT2D eigenvalue weighted by Gasteiger charge is -2.16. The summed E-state index contributed by atoms with van der Waals surface area (Å²) in [6, 6.07) is 8.49. The first-order valence-corrected chi connectivity index (χ1v) is 9.02. The van der Waals surface area contributed by atoms with Crippen LogP contribution in [0.2, 0.25) is 0 Å². The third kappa shape index (κ3) is 5.11. The minimum Gasteiger partial charge on any atom is -0.181 e. The summed E-state index contributed by atoms with van der Waals surface area (Å²) in [5, 5.41) is 9.20. The van der Waals surface area contributed by atoms with Crippen LogP contribution in [0.15, 0.2) is 24.3 Å². The summed E-state index contributed by atoms with van der Waals surface area (Å²) in [5.41, 5.74) is 2.00. The number of unbranched alkanes of at least 4 members (excludes halogenated alkanes) is 5. The van der Waals surface area contributed by atoms with Crippen LogP contribution in [0.4, 0.5) is 0 Å². The topological polar surface area (TPSA) is 30.7 Å². The van der Waals surface area contributed by atoms with Crippen LogP contribution in [0.25, 0.3) is 11.0 Å². The van der Waals surface area contributed by atoms with Gasteiger partial charge in [-0.05, 0) is 31.4 Å². The van der Waals surface area contributed by atoms with Crippen molar-refractivity contribution < 1.29 is 0 Å². The van der Waals surface area contributed by atoms with Gasteiger partial charge in [0.15, 0.2) is 0 Å². The lowest BCUT2D eigenvalue weighted by Crippen LogP contribution is -2.12. The normalized spacial score (nSPS) is 14.3. The minimum atomic E-state index is 0.377. The molecule has 22 heavy (non-hydrogen) atoms. The zero-order chi connectivity index (χ0) is 15.8. The first kappa shape index (κ1) is 17.0. The maximum absolute atomic E-state index is 4.60. The van der Waals surface area contributed by atoms with Gasteiger partial charge in [0.25, 0.3) is 0 Å². The van der Waals surface area contributed by atoms with Crippen molar-refractivity contribution in [2.75, 3.05) is 0 Å². The predicted octanol–water partition coefficient (Wildman–Crippen LogP) is 5.77. The molecular weight excluding hydrogens is 270 g/mol. The van der Waals surface area contributed by atoms with Crippen LogP contribution >= 0.6 is 0 Å². The van der Waals surface area contributed by atoms with Crippen molar-refractivity contribution in [3.63, 3.8) is 0 Å². The second-order valence-electron chi connectivity index (χ2n) is 6.76. The molecular formula is C19H31N3. The van der Waals surface area contributed by atoms with E-state index in [1.54, 1.807) is 0 Å². The van der Waals surface area contributed by atoms with Crippen LogP contribution < -0.4 is 0 Å². The van der Waals surface area contributed by atoms with Gasteiger partial charge in [-0.15, -0.1) is 0 Å². The highest BCUT2D eigenvalue weighted by molar-refractivity contribution is 5.72. The number of benzene rings is 1. The molecule has 0 N–H and O–H groups in total. The Labute approximate surface area is 135 Å². The van der Waals surface area contributed by atoms with E-state index >= 15 is 0 Å². The minimum absolute atomic E-state index is 0.377. The summed E-state index contributed by atoms with van der Waals surface area (Å²) in [6.45, 7) is 6.87. The summed E-state index contributed by atoms with van der Waals surface area (Å²) in [5.74, 6) is 0.746. The van der Waals surface area contributed by atoms with Crippen LogP contribution in [0.3, 0.4) is 0 Å². The van der Waals surface area contributed by atoms with Crippen molar-refractivity contribution in [1.29, 1.82) is 0 Å². The molecule has 0 aliphatic rings. The quantitative estimate of drug-likeness (QED) is 0.522. The summed E-state index contributed by atoms with van der Waals surface area (Å²) in [4.78, 5) is 1.91. The standard InChI is InChI=1S/C19H31N3/c1-4-5-6-7-8-9-12-16(2)15-17(3)22-20-18-13-10-11-14-19(18)21-22/h10-11,13-14,16-17H,4-9,12,15H2,1-3H3. The molecule has 0 radical (unpaired) electrons. The molecule has 0 aliphatic carbocycles. The number of nitrogens with zero attached hydrogens (tertiary/aromatic N) is 3. The Kier molecular flexibility index (Phi) is 6.88. The molecule has 1 aromatic heterocycles. The number of hydrogen-bond acceptors (Lipinski definition) is 2. The smallest absolute Gasteiger partial charge is 0.113 e. The van der Waals surface area contributed by atoms with E-state index in [2.05, 4.69) is 31.0 Å². The summed E-state index contributed by atoms with van der Waals surface area (Å²) in [7, 11) is 0. The van der Waals surface area contributed by atoms with Crippen LogP contribution in [0, 0.1) is 5.92 Å². The van der Waals surface area contributed by atoms with E-state index in [-0.39, 0.29) is 0 Å². The lowest BCUT2D eigenvalue weighted by atomic mass is 9.96. The molecule has 2 unspecified atom stereocenters. The van der Waals surface area contributed by atoms with Gasteiger partial charge in [0, 0.05) is 0 Å². The van der Waals surface area contributed by atoms with E-state index in [0.717, 1.165) is 23.4 Å². The highest BCUT2D eigenvalue weighted by Gasteiger charge is 2.13. The van der Waals surface area contributed by atoms with Gasteiger partial charge in [0.1, 0.15) is 11.0 Å². The maximum Gasteiger partial charge on any atom is 0.113 e. The van der Waals surface area contributed by atoms with Gasteiger partial charge < -0.3 is 0 Å². The van der Waals surface area contributed by atoms with E-state index in [4.69, 9.17) is 0 Å².